The summed E-state index contributed by atoms with van der Waals surface area (Å²) in [6, 6.07) is 7.03. The molecule has 24 heavy (non-hydrogen) atoms. The first-order chi connectivity index (χ1) is 11.5. The van der Waals surface area contributed by atoms with E-state index < -0.39 is 10.0 Å². The van der Waals surface area contributed by atoms with Crippen molar-refractivity contribution in [3.8, 4) is 0 Å². The predicted molar refractivity (Wildman–Crippen MR) is 90.3 cm³/mol. The maximum Gasteiger partial charge on any atom is 0.243 e. The van der Waals surface area contributed by atoms with Gasteiger partial charge in [-0.05, 0) is 44.2 Å². The molecule has 1 aliphatic carbocycles. The molecule has 1 aromatic rings. The molecule has 4 rings (SSSR count). The van der Waals surface area contributed by atoms with Crippen molar-refractivity contribution in [1.29, 1.82) is 0 Å². The smallest absolute Gasteiger partial charge is 0.243 e. The zero-order valence-corrected chi connectivity index (χ0v) is 14.9. The maximum absolute atomic E-state index is 12.7. The van der Waals surface area contributed by atoms with E-state index in [-0.39, 0.29) is 11.7 Å². The number of aryl methyl sites for hydroxylation is 1. The molecule has 2 saturated heterocycles. The van der Waals surface area contributed by atoms with Crippen LogP contribution >= 0.6 is 0 Å². The van der Waals surface area contributed by atoms with E-state index >= 15 is 0 Å². The van der Waals surface area contributed by atoms with Gasteiger partial charge in [0, 0.05) is 32.7 Å². The average Bonchev–Trinajstić information content (AvgIpc) is 3.35. The van der Waals surface area contributed by atoms with Gasteiger partial charge in [0.25, 0.3) is 0 Å². The Balaban J connectivity index is 1.38. The maximum atomic E-state index is 12.7. The van der Waals surface area contributed by atoms with Gasteiger partial charge in [0.2, 0.25) is 10.0 Å². The number of ether oxygens (including phenoxy) is 2. The highest BCUT2D eigenvalue weighted by atomic mass is 32.2. The van der Waals surface area contributed by atoms with Crippen LogP contribution in [0.5, 0.6) is 0 Å². The van der Waals surface area contributed by atoms with Gasteiger partial charge in [-0.1, -0.05) is 17.7 Å². The van der Waals surface area contributed by atoms with Gasteiger partial charge in [0.1, 0.15) is 0 Å². The third-order valence-corrected chi connectivity index (χ3v) is 7.11. The van der Waals surface area contributed by atoms with Crippen LogP contribution in [0.3, 0.4) is 0 Å². The van der Waals surface area contributed by atoms with Gasteiger partial charge in [0.05, 0.1) is 16.6 Å². The molecule has 132 valence electrons. The molecular weight excluding hydrogens is 326 g/mol. The largest absolute Gasteiger partial charge is 0.378 e. The van der Waals surface area contributed by atoms with Crippen molar-refractivity contribution in [3.63, 3.8) is 0 Å². The van der Waals surface area contributed by atoms with Gasteiger partial charge in [-0.25, -0.2) is 8.42 Å². The summed E-state index contributed by atoms with van der Waals surface area (Å²) in [5.74, 6) is 0.753. The summed E-state index contributed by atoms with van der Waals surface area (Å²) in [6.45, 7) is 4.34. The van der Waals surface area contributed by atoms with Gasteiger partial charge in [-0.3, -0.25) is 0 Å². The van der Waals surface area contributed by atoms with Crippen LogP contribution in [0.2, 0.25) is 0 Å². The molecular formula is C18H25NO4S. The summed E-state index contributed by atoms with van der Waals surface area (Å²) in [4.78, 5) is 0.361. The highest BCUT2D eigenvalue weighted by Gasteiger charge is 2.52. The highest BCUT2D eigenvalue weighted by molar-refractivity contribution is 7.89. The zero-order valence-electron chi connectivity index (χ0n) is 14.1. The van der Waals surface area contributed by atoms with Crippen LogP contribution in [0.25, 0.3) is 0 Å². The van der Waals surface area contributed by atoms with Gasteiger partial charge in [-0.15, -0.1) is 0 Å². The molecule has 0 aromatic heterocycles. The van der Waals surface area contributed by atoms with Crippen molar-refractivity contribution >= 4 is 10.0 Å². The second-order valence-electron chi connectivity index (χ2n) is 7.51. The van der Waals surface area contributed by atoms with Crippen LogP contribution in [0.4, 0.5) is 0 Å². The minimum Gasteiger partial charge on any atom is -0.378 e. The Morgan fingerprint density at radius 2 is 1.92 bits per heavy atom. The van der Waals surface area contributed by atoms with Crippen LogP contribution < -0.4 is 0 Å². The van der Waals surface area contributed by atoms with Gasteiger partial charge < -0.3 is 9.47 Å². The van der Waals surface area contributed by atoms with Gasteiger partial charge in [0.15, 0.2) is 0 Å². The first kappa shape index (κ1) is 16.5. The van der Waals surface area contributed by atoms with Gasteiger partial charge >= 0.3 is 0 Å². The molecule has 3 fully saturated rings. The third kappa shape index (κ3) is 3.25. The molecule has 6 heteroatoms. The van der Waals surface area contributed by atoms with E-state index in [0.29, 0.717) is 24.6 Å². The number of sulfonamides is 1. The molecule has 1 aromatic carbocycles. The summed E-state index contributed by atoms with van der Waals surface area (Å²) in [7, 11) is -3.42. The molecule has 1 atom stereocenters. The zero-order chi connectivity index (χ0) is 16.8. The molecule has 1 unspecified atom stereocenters. The average molecular weight is 351 g/mol. The summed E-state index contributed by atoms with van der Waals surface area (Å²) in [5.41, 5.74) is 0.713. The first-order valence-corrected chi connectivity index (χ1v) is 10.2. The summed E-state index contributed by atoms with van der Waals surface area (Å²) in [5, 5.41) is 0. The van der Waals surface area contributed by atoms with E-state index in [1.54, 1.807) is 12.1 Å². The Hall–Kier alpha value is -0.950. The van der Waals surface area contributed by atoms with Crippen molar-refractivity contribution in [2.75, 3.05) is 26.3 Å². The Kier molecular flexibility index (Phi) is 4.19. The topological polar surface area (TPSA) is 55.8 Å². The third-order valence-electron chi connectivity index (χ3n) is 5.30. The monoisotopic (exact) mass is 351 g/mol. The molecule has 0 bridgehead atoms. The standard InChI is InChI=1S/C18H25NO4S/c1-14-2-6-17(7-3-14)24(20,21)19-12-18(13-19)10-16(8-9-23-18)22-11-15-4-5-15/h2-3,6-7,15-16H,4-5,8-13H2,1H3. The van der Waals surface area contributed by atoms with E-state index in [9.17, 15) is 8.42 Å². The van der Waals surface area contributed by atoms with Crippen LogP contribution in [0, 0.1) is 12.8 Å². The lowest BCUT2D eigenvalue weighted by Crippen LogP contribution is -2.67. The minimum absolute atomic E-state index is 0.212. The quantitative estimate of drug-likeness (QED) is 0.817. The van der Waals surface area contributed by atoms with Crippen LogP contribution in [0.1, 0.15) is 31.2 Å². The lowest BCUT2D eigenvalue weighted by atomic mass is 9.86. The molecule has 0 N–H and O–H groups in total. The molecule has 1 spiro atoms. The molecule has 2 heterocycles. The Morgan fingerprint density at radius 3 is 2.58 bits per heavy atom. The number of nitrogens with zero attached hydrogens (tertiary/aromatic N) is 1. The molecule has 3 aliphatic rings. The summed E-state index contributed by atoms with van der Waals surface area (Å²) >= 11 is 0. The lowest BCUT2D eigenvalue weighted by molar-refractivity contribution is -0.179. The number of benzene rings is 1. The van der Waals surface area contributed by atoms with E-state index in [1.165, 1.54) is 17.1 Å². The summed E-state index contributed by atoms with van der Waals surface area (Å²) in [6.07, 6.45) is 4.51. The normalized spacial score (nSPS) is 27.1. The fourth-order valence-electron chi connectivity index (χ4n) is 3.53. The molecule has 1 saturated carbocycles. The fraction of sp³-hybridized carbons (Fsp3) is 0.667. The van der Waals surface area contributed by atoms with E-state index in [0.717, 1.165) is 30.9 Å². The molecule has 2 aliphatic heterocycles. The predicted octanol–water partition coefficient (Wildman–Crippen LogP) is 2.34. The second-order valence-corrected chi connectivity index (χ2v) is 9.45. The van der Waals surface area contributed by atoms with Crippen molar-refractivity contribution in [2.24, 2.45) is 5.92 Å². The van der Waals surface area contributed by atoms with Crippen molar-refractivity contribution < 1.29 is 17.9 Å². The second kappa shape index (κ2) is 6.09. The van der Waals surface area contributed by atoms with E-state index in [2.05, 4.69) is 0 Å². The molecule has 0 radical (unpaired) electrons. The van der Waals surface area contributed by atoms with Crippen molar-refractivity contribution in [1.82, 2.24) is 4.31 Å². The fourth-order valence-corrected chi connectivity index (χ4v) is 5.12. The Bertz CT molecular complexity index is 690. The first-order valence-electron chi connectivity index (χ1n) is 8.79. The van der Waals surface area contributed by atoms with Crippen LogP contribution in [0.15, 0.2) is 29.2 Å². The Morgan fingerprint density at radius 1 is 1.21 bits per heavy atom. The van der Waals surface area contributed by atoms with Crippen LogP contribution in [-0.4, -0.2) is 50.7 Å². The van der Waals surface area contributed by atoms with Crippen molar-refractivity contribution in [3.05, 3.63) is 29.8 Å². The van der Waals surface area contributed by atoms with E-state index in [1.807, 2.05) is 19.1 Å². The van der Waals surface area contributed by atoms with Crippen LogP contribution in [-0.2, 0) is 19.5 Å². The highest BCUT2D eigenvalue weighted by Crippen LogP contribution is 2.39. The Labute approximate surface area is 144 Å². The number of hydrogen-bond acceptors (Lipinski definition) is 4. The van der Waals surface area contributed by atoms with E-state index in [4.69, 9.17) is 9.47 Å². The SMILES string of the molecule is Cc1ccc(S(=O)(=O)N2CC3(CC(OCC4CC4)CCO3)C2)cc1. The summed E-state index contributed by atoms with van der Waals surface area (Å²) < 4.78 is 38.9. The number of hydrogen-bond donors (Lipinski definition) is 0. The molecule has 0 amide bonds. The molecule has 5 nitrogen and oxygen atoms in total. The lowest BCUT2D eigenvalue weighted by Gasteiger charge is -2.52. The minimum atomic E-state index is -3.42. The number of rotatable bonds is 5. The van der Waals surface area contributed by atoms with Gasteiger partial charge in [-0.2, -0.15) is 4.31 Å². The van der Waals surface area contributed by atoms with Crippen molar-refractivity contribution in [2.45, 2.75) is 49.2 Å².